The van der Waals surface area contributed by atoms with Crippen LogP contribution in [0.4, 0.5) is 8.78 Å². The van der Waals surface area contributed by atoms with Crippen LogP contribution in [0.1, 0.15) is 13.8 Å². The molecule has 0 saturated carbocycles. The van der Waals surface area contributed by atoms with Gasteiger partial charge in [0, 0.05) is 6.07 Å². The lowest BCUT2D eigenvalue weighted by molar-refractivity contribution is -0.118. The number of Topliss-reactive ketones (excluding diaryl/α,β-unsaturated/α-hetero) is 1. The average Bonchev–Trinajstić information content (AvgIpc) is 2.15. The highest BCUT2D eigenvalue weighted by Gasteiger charge is 2.23. The number of hydrogen-bond donors (Lipinski definition) is 1. The van der Waals surface area contributed by atoms with Gasteiger partial charge in [0.1, 0.15) is 22.3 Å². The minimum absolute atomic E-state index is 0.406. The van der Waals surface area contributed by atoms with Crippen LogP contribution < -0.4 is 4.72 Å². The fourth-order valence-corrected chi connectivity index (χ4v) is 2.39. The lowest BCUT2D eigenvalue weighted by Crippen LogP contribution is -2.37. The molecule has 0 radical (unpaired) electrons. The van der Waals surface area contributed by atoms with Gasteiger partial charge in [0.25, 0.3) is 0 Å². The van der Waals surface area contributed by atoms with Crippen LogP contribution in [0.3, 0.4) is 0 Å². The van der Waals surface area contributed by atoms with Gasteiger partial charge in [-0.15, -0.1) is 0 Å². The van der Waals surface area contributed by atoms with Crippen LogP contribution in [-0.2, 0) is 14.8 Å². The van der Waals surface area contributed by atoms with E-state index >= 15 is 0 Å². The highest BCUT2D eigenvalue weighted by Crippen LogP contribution is 2.15. The molecule has 0 fully saturated rings. The average molecular weight is 263 g/mol. The first-order chi connectivity index (χ1) is 7.74. The molecule has 0 saturated heterocycles. The smallest absolute Gasteiger partial charge is 0.244 e. The molecule has 0 aliphatic rings. The molecule has 4 nitrogen and oxygen atoms in total. The number of halogens is 2. The molecule has 17 heavy (non-hydrogen) atoms. The third kappa shape index (κ3) is 3.31. The zero-order valence-corrected chi connectivity index (χ0v) is 10.0. The van der Waals surface area contributed by atoms with Crippen molar-refractivity contribution < 1.29 is 22.0 Å². The molecule has 0 amide bonds. The summed E-state index contributed by atoms with van der Waals surface area (Å²) in [5, 5.41) is 0. The van der Waals surface area contributed by atoms with Crippen molar-refractivity contribution in [1.82, 2.24) is 4.72 Å². The summed E-state index contributed by atoms with van der Waals surface area (Å²) in [4.78, 5) is 10.2. The normalized spacial score (nSPS) is 13.4. The Labute approximate surface area is 97.7 Å². The van der Waals surface area contributed by atoms with Crippen molar-refractivity contribution in [2.24, 2.45) is 0 Å². The van der Waals surface area contributed by atoms with E-state index in [0.717, 1.165) is 12.1 Å². The van der Waals surface area contributed by atoms with Gasteiger partial charge in [-0.1, -0.05) is 0 Å². The first kappa shape index (κ1) is 13.7. The van der Waals surface area contributed by atoms with Gasteiger partial charge in [0.15, 0.2) is 0 Å². The second kappa shape index (κ2) is 4.89. The lowest BCUT2D eigenvalue weighted by Gasteiger charge is -2.11. The highest BCUT2D eigenvalue weighted by molar-refractivity contribution is 7.89. The Balaban J connectivity index is 3.10. The van der Waals surface area contributed by atoms with E-state index in [9.17, 15) is 22.0 Å². The standard InChI is InChI=1S/C10H11F2NO3S/c1-6(7(2)14)13-17(15,16)10-4-3-8(11)5-9(10)12/h3-6,13H,1-2H3. The summed E-state index contributed by atoms with van der Waals surface area (Å²) in [6, 6.07) is 1.13. The van der Waals surface area contributed by atoms with Crippen molar-refractivity contribution in [2.75, 3.05) is 0 Å². The second-order valence-electron chi connectivity index (χ2n) is 3.53. The monoisotopic (exact) mass is 263 g/mol. The van der Waals surface area contributed by atoms with Gasteiger partial charge in [0.05, 0.1) is 6.04 Å². The fourth-order valence-electron chi connectivity index (χ4n) is 1.07. The first-order valence-electron chi connectivity index (χ1n) is 4.72. The van der Waals surface area contributed by atoms with Crippen molar-refractivity contribution in [1.29, 1.82) is 0 Å². The molecule has 0 aliphatic heterocycles. The number of rotatable bonds is 4. The number of sulfonamides is 1. The van der Waals surface area contributed by atoms with E-state index in [-0.39, 0.29) is 0 Å². The van der Waals surface area contributed by atoms with Crippen molar-refractivity contribution in [3.63, 3.8) is 0 Å². The Morgan fingerprint density at radius 1 is 1.35 bits per heavy atom. The van der Waals surface area contributed by atoms with Crippen molar-refractivity contribution in [3.05, 3.63) is 29.8 Å². The zero-order valence-electron chi connectivity index (χ0n) is 9.20. The van der Waals surface area contributed by atoms with E-state index in [1.165, 1.54) is 13.8 Å². The number of ketones is 1. The quantitative estimate of drug-likeness (QED) is 0.888. The van der Waals surface area contributed by atoms with Gasteiger partial charge in [-0.3, -0.25) is 4.79 Å². The molecule has 94 valence electrons. The highest BCUT2D eigenvalue weighted by atomic mass is 32.2. The molecule has 1 atom stereocenters. The summed E-state index contributed by atoms with van der Waals surface area (Å²) < 4.78 is 51.2. The van der Waals surface area contributed by atoms with Crippen LogP contribution >= 0.6 is 0 Å². The van der Waals surface area contributed by atoms with E-state index in [0.29, 0.717) is 6.07 Å². The molecule has 7 heteroatoms. The molecule has 0 bridgehead atoms. The molecule has 0 aliphatic carbocycles. The maximum Gasteiger partial charge on any atom is 0.244 e. The van der Waals surface area contributed by atoms with E-state index < -0.39 is 38.4 Å². The zero-order chi connectivity index (χ0) is 13.2. The largest absolute Gasteiger partial charge is 0.298 e. The summed E-state index contributed by atoms with van der Waals surface area (Å²) in [5.41, 5.74) is 0. The number of nitrogens with one attached hydrogen (secondary N) is 1. The Kier molecular flexibility index (Phi) is 3.94. The van der Waals surface area contributed by atoms with Gasteiger partial charge in [-0.2, -0.15) is 0 Å². The van der Waals surface area contributed by atoms with Crippen LogP contribution in [-0.4, -0.2) is 20.2 Å². The number of hydrogen-bond acceptors (Lipinski definition) is 3. The van der Waals surface area contributed by atoms with E-state index in [1.54, 1.807) is 0 Å². The van der Waals surface area contributed by atoms with Gasteiger partial charge in [-0.05, 0) is 26.0 Å². The van der Waals surface area contributed by atoms with Crippen molar-refractivity contribution in [2.45, 2.75) is 24.8 Å². The second-order valence-corrected chi connectivity index (χ2v) is 5.21. The maximum atomic E-state index is 13.3. The lowest BCUT2D eigenvalue weighted by atomic mass is 10.3. The van der Waals surface area contributed by atoms with E-state index in [1.807, 2.05) is 4.72 Å². The SMILES string of the molecule is CC(=O)C(C)NS(=O)(=O)c1ccc(F)cc1F. The van der Waals surface area contributed by atoms with E-state index in [2.05, 4.69) is 0 Å². The summed E-state index contributed by atoms with van der Waals surface area (Å²) in [6.07, 6.45) is 0. The minimum Gasteiger partial charge on any atom is -0.298 e. The van der Waals surface area contributed by atoms with Crippen molar-refractivity contribution >= 4 is 15.8 Å². The topological polar surface area (TPSA) is 63.2 Å². The Bertz CT molecular complexity index is 542. The first-order valence-corrected chi connectivity index (χ1v) is 6.20. The number of benzene rings is 1. The van der Waals surface area contributed by atoms with Gasteiger partial charge >= 0.3 is 0 Å². The van der Waals surface area contributed by atoms with E-state index in [4.69, 9.17) is 0 Å². The molecule has 1 aromatic carbocycles. The number of carbonyl (C=O) groups excluding carboxylic acids is 1. The third-order valence-corrected chi connectivity index (χ3v) is 3.70. The third-order valence-electron chi connectivity index (χ3n) is 2.13. The molecule has 0 aromatic heterocycles. The van der Waals surface area contributed by atoms with Gasteiger partial charge < -0.3 is 0 Å². The van der Waals surface area contributed by atoms with Crippen LogP contribution in [0.15, 0.2) is 23.1 Å². The Morgan fingerprint density at radius 2 is 1.94 bits per heavy atom. The number of carbonyl (C=O) groups is 1. The van der Waals surface area contributed by atoms with Crippen LogP contribution in [0.2, 0.25) is 0 Å². The van der Waals surface area contributed by atoms with Crippen LogP contribution in [0, 0.1) is 11.6 Å². The predicted molar refractivity (Wildman–Crippen MR) is 56.8 cm³/mol. The fraction of sp³-hybridized carbons (Fsp3) is 0.300. The molecule has 1 rings (SSSR count). The molecule has 0 spiro atoms. The Morgan fingerprint density at radius 3 is 2.41 bits per heavy atom. The molecule has 0 heterocycles. The van der Waals surface area contributed by atoms with Crippen LogP contribution in [0.5, 0.6) is 0 Å². The summed E-state index contributed by atoms with van der Waals surface area (Å²) in [7, 11) is -4.16. The molecule has 1 N–H and O–H groups in total. The molecular weight excluding hydrogens is 252 g/mol. The van der Waals surface area contributed by atoms with Crippen molar-refractivity contribution in [3.8, 4) is 0 Å². The summed E-state index contributed by atoms with van der Waals surface area (Å²) in [5.74, 6) is -2.48. The summed E-state index contributed by atoms with van der Waals surface area (Å²) in [6.45, 7) is 2.54. The molecule has 1 aromatic rings. The molecule has 1 unspecified atom stereocenters. The maximum absolute atomic E-state index is 13.3. The minimum atomic E-state index is -4.16. The van der Waals surface area contributed by atoms with Gasteiger partial charge in [0.2, 0.25) is 10.0 Å². The van der Waals surface area contributed by atoms with Crippen LogP contribution in [0.25, 0.3) is 0 Å². The molecular formula is C10H11F2NO3S. The summed E-state index contributed by atoms with van der Waals surface area (Å²) >= 11 is 0. The predicted octanol–water partition coefficient (Wildman–Crippen LogP) is 1.22. The Hall–Kier alpha value is -1.34. The van der Waals surface area contributed by atoms with Gasteiger partial charge in [-0.25, -0.2) is 21.9 Å².